The third kappa shape index (κ3) is 7.19. The van der Waals surface area contributed by atoms with E-state index in [1.807, 2.05) is 25.1 Å². The molecule has 1 heterocycles. The van der Waals surface area contributed by atoms with Gasteiger partial charge in [-0.05, 0) is 47.9 Å². The van der Waals surface area contributed by atoms with Crippen LogP contribution in [0.5, 0.6) is 5.75 Å². The van der Waals surface area contributed by atoms with E-state index in [4.69, 9.17) is 11.6 Å². The molecule has 1 N–H and O–H groups in total. The van der Waals surface area contributed by atoms with Crippen LogP contribution in [0.1, 0.15) is 35.3 Å². The van der Waals surface area contributed by atoms with Crippen molar-refractivity contribution in [3.05, 3.63) is 58.1 Å². The Morgan fingerprint density at radius 3 is 2.42 bits per heavy atom. The van der Waals surface area contributed by atoms with Crippen LogP contribution in [0, 0.1) is 0 Å². The van der Waals surface area contributed by atoms with Gasteiger partial charge in [0.2, 0.25) is 0 Å². The molecule has 0 atom stereocenters. The number of alkyl halides is 3. The number of nitrogens with one attached hydrogen (secondary N) is 1. The lowest BCUT2D eigenvalue weighted by atomic mass is 10.0. The van der Waals surface area contributed by atoms with Gasteiger partial charge in [-0.3, -0.25) is 14.4 Å². The number of carbonyl (C=O) groups is 1. The molecule has 3 rings (SSSR count). The molecular weight excluding hydrogens is 475 g/mol. The lowest BCUT2D eigenvalue weighted by molar-refractivity contribution is -0.274. The van der Waals surface area contributed by atoms with Gasteiger partial charge >= 0.3 is 6.36 Å². The van der Waals surface area contributed by atoms with E-state index >= 15 is 0 Å². The predicted molar refractivity (Wildman–Crippen MR) is 127 cm³/mol. The number of aryl methyl sites for hydroxylation is 1. The number of ether oxygens (including phenoxy) is 1. The zero-order chi connectivity index (χ0) is 24.0. The molecule has 5 nitrogen and oxygen atoms in total. The van der Waals surface area contributed by atoms with Crippen LogP contribution in [0.25, 0.3) is 0 Å². The van der Waals surface area contributed by atoms with E-state index in [1.54, 1.807) is 6.07 Å². The van der Waals surface area contributed by atoms with E-state index in [0.29, 0.717) is 5.56 Å². The van der Waals surface area contributed by atoms with Crippen molar-refractivity contribution >= 4 is 35.1 Å². The molecule has 1 saturated heterocycles. The monoisotopic (exact) mass is 501 g/mol. The first-order chi connectivity index (χ1) is 15.7. The van der Waals surface area contributed by atoms with Gasteiger partial charge in [0.05, 0.1) is 5.02 Å². The highest BCUT2D eigenvalue weighted by molar-refractivity contribution is 7.97. The Labute approximate surface area is 201 Å². The van der Waals surface area contributed by atoms with E-state index in [9.17, 15) is 18.0 Å². The molecule has 10 heteroatoms. The fraction of sp³-hybridized carbons (Fsp3) is 0.435. The number of nitrogens with zero attached hydrogens (tertiary/aromatic N) is 2. The molecule has 0 radical (unpaired) electrons. The average Bonchev–Trinajstić information content (AvgIpc) is 2.78. The number of hydrogen-bond acceptors (Lipinski definition) is 5. The van der Waals surface area contributed by atoms with Crippen molar-refractivity contribution in [1.82, 2.24) is 9.62 Å². The Bertz CT molecular complexity index is 966. The molecule has 180 valence electrons. The second-order valence-corrected chi connectivity index (χ2v) is 9.10. The van der Waals surface area contributed by atoms with Crippen molar-refractivity contribution in [1.29, 1.82) is 0 Å². The highest BCUT2D eigenvalue weighted by Crippen LogP contribution is 2.33. The lowest BCUT2D eigenvalue weighted by Gasteiger charge is -2.36. The quantitative estimate of drug-likeness (QED) is 0.482. The number of benzene rings is 2. The number of hydrogen-bond donors (Lipinski definition) is 1. The first kappa shape index (κ1) is 25.5. The number of carbonyl (C=O) groups excluding carboxylic acids is 1. The fourth-order valence-electron chi connectivity index (χ4n) is 3.75. The Kier molecular flexibility index (Phi) is 8.78. The van der Waals surface area contributed by atoms with E-state index in [2.05, 4.69) is 26.2 Å². The SMILES string of the molecule is CCSNC(=O)c1ccc(CN2CCN(c3ccc(OC(F)(F)F)c(Cl)c3)CC2)c(CC)c1. The molecule has 1 amide bonds. The van der Waals surface area contributed by atoms with Crippen LogP contribution in [-0.2, 0) is 13.0 Å². The zero-order valence-electron chi connectivity index (χ0n) is 18.5. The van der Waals surface area contributed by atoms with Gasteiger partial charge in [-0.15, -0.1) is 13.2 Å². The van der Waals surface area contributed by atoms with Gasteiger partial charge in [0.1, 0.15) is 5.75 Å². The molecule has 1 aliphatic heterocycles. The van der Waals surface area contributed by atoms with Gasteiger partial charge < -0.3 is 9.64 Å². The van der Waals surface area contributed by atoms with E-state index in [-0.39, 0.29) is 10.9 Å². The molecular formula is C23H27ClF3N3O2S. The summed E-state index contributed by atoms with van der Waals surface area (Å²) in [6.45, 7) is 7.90. The number of halogens is 4. The summed E-state index contributed by atoms with van der Waals surface area (Å²) in [6, 6.07) is 10.2. The van der Waals surface area contributed by atoms with Crippen molar-refractivity contribution in [2.24, 2.45) is 0 Å². The molecule has 1 aliphatic rings. The lowest BCUT2D eigenvalue weighted by Crippen LogP contribution is -2.46. The first-order valence-corrected chi connectivity index (χ1v) is 12.1. The molecule has 0 spiro atoms. The summed E-state index contributed by atoms with van der Waals surface area (Å²) in [6.07, 6.45) is -3.94. The molecule has 0 saturated carbocycles. The average molecular weight is 502 g/mol. The van der Waals surface area contributed by atoms with Crippen LogP contribution in [-0.4, -0.2) is 49.1 Å². The molecule has 0 unspecified atom stereocenters. The van der Waals surface area contributed by atoms with Gasteiger partial charge in [-0.2, -0.15) is 0 Å². The van der Waals surface area contributed by atoms with Crippen molar-refractivity contribution in [2.45, 2.75) is 33.2 Å². The third-order valence-corrected chi connectivity index (χ3v) is 6.34. The summed E-state index contributed by atoms with van der Waals surface area (Å²) >= 11 is 7.38. The molecule has 33 heavy (non-hydrogen) atoms. The Morgan fingerprint density at radius 2 is 1.82 bits per heavy atom. The number of rotatable bonds is 8. The van der Waals surface area contributed by atoms with E-state index < -0.39 is 12.1 Å². The van der Waals surface area contributed by atoms with Gasteiger partial charge in [-0.25, -0.2) is 0 Å². The van der Waals surface area contributed by atoms with Gasteiger partial charge in [0.15, 0.2) is 0 Å². The minimum atomic E-state index is -4.77. The van der Waals surface area contributed by atoms with Crippen LogP contribution >= 0.6 is 23.5 Å². The standard InChI is InChI=1S/C23H27ClF3N3O2S/c1-3-16-13-17(22(31)28-33-4-2)5-6-18(16)15-29-9-11-30(12-10-29)19-7-8-21(20(24)14-19)32-23(25,26)27/h5-8,13-14H,3-4,9-12,15H2,1-2H3,(H,28,31). The number of amides is 1. The van der Waals surface area contributed by atoms with Gasteiger partial charge in [-0.1, -0.05) is 43.5 Å². The molecule has 0 bridgehead atoms. The molecule has 0 aromatic heterocycles. The fourth-order valence-corrected chi connectivity index (χ4v) is 4.35. The van der Waals surface area contributed by atoms with Crippen LogP contribution in [0.3, 0.4) is 0 Å². The summed E-state index contributed by atoms with van der Waals surface area (Å²) in [5.41, 5.74) is 3.78. The van der Waals surface area contributed by atoms with Crippen molar-refractivity contribution in [3.63, 3.8) is 0 Å². The van der Waals surface area contributed by atoms with Crippen LogP contribution in [0.4, 0.5) is 18.9 Å². The van der Waals surface area contributed by atoms with E-state index in [1.165, 1.54) is 29.6 Å². The summed E-state index contributed by atoms with van der Waals surface area (Å²) in [4.78, 5) is 16.7. The predicted octanol–water partition coefficient (Wildman–Crippen LogP) is 5.52. The van der Waals surface area contributed by atoms with Crippen molar-refractivity contribution < 1.29 is 22.7 Å². The zero-order valence-corrected chi connectivity index (χ0v) is 20.1. The molecule has 2 aromatic rings. The van der Waals surface area contributed by atoms with E-state index in [0.717, 1.165) is 56.1 Å². The normalized spacial score (nSPS) is 14.9. The minimum absolute atomic E-state index is 0.0682. The molecule has 1 fully saturated rings. The second-order valence-electron chi connectivity index (χ2n) is 7.63. The smallest absolute Gasteiger partial charge is 0.404 e. The molecule has 2 aromatic carbocycles. The maximum atomic E-state index is 12.4. The number of anilines is 1. The summed E-state index contributed by atoms with van der Waals surface area (Å²) in [5, 5.41) is -0.0682. The Balaban J connectivity index is 1.59. The van der Waals surface area contributed by atoms with Crippen LogP contribution < -0.4 is 14.4 Å². The first-order valence-electron chi connectivity index (χ1n) is 10.8. The summed E-state index contributed by atoms with van der Waals surface area (Å²) < 4.78 is 44.1. The third-order valence-electron chi connectivity index (χ3n) is 5.43. The molecule has 0 aliphatic carbocycles. The number of piperazine rings is 1. The van der Waals surface area contributed by atoms with Crippen molar-refractivity contribution in [2.75, 3.05) is 36.8 Å². The largest absolute Gasteiger partial charge is 0.573 e. The highest BCUT2D eigenvalue weighted by atomic mass is 35.5. The topological polar surface area (TPSA) is 44.8 Å². The summed E-state index contributed by atoms with van der Waals surface area (Å²) in [5.74, 6) is 0.333. The summed E-state index contributed by atoms with van der Waals surface area (Å²) in [7, 11) is 0. The van der Waals surface area contributed by atoms with Crippen molar-refractivity contribution in [3.8, 4) is 5.75 Å². The van der Waals surface area contributed by atoms with Crippen LogP contribution in [0.2, 0.25) is 5.02 Å². The Hall–Kier alpha value is -2.10. The Morgan fingerprint density at radius 1 is 1.09 bits per heavy atom. The highest BCUT2D eigenvalue weighted by Gasteiger charge is 2.32. The second kappa shape index (κ2) is 11.4. The van der Waals surface area contributed by atoms with Gasteiger partial charge in [0.25, 0.3) is 5.91 Å². The maximum Gasteiger partial charge on any atom is 0.573 e. The van der Waals surface area contributed by atoms with Gasteiger partial charge in [0, 0.05) is 49.7 Å². The minimum Gasteiger partial charge on any atom is -0.404 e. The maximum absolute atomic E-state index is 12.4. The van der Waals surface area contributed by atoms with Crippen LogP contribution in [0.15, 0.2) is 36.4 Å².